The predicted molar refractivity (Wildman–Crippen MR) is 95.5 cm³/mol. The number of aliphatic carboxylic acids is 1. The molecule has 0 aliphatic rings. The number of carbonyl (C=O) groups excluding carboxylic acids is 1. The largest absolute Gasteiger partial charge is 0.505 e. The first-order chi connectivity index (χ1) is 12.7. The van der Waals surface area contributed by atoms with Crippen LogP contribution in [-0.4, -0.2) is 32.4 Å². The Hall–Kier alpha value is -2.46. The maximum Gasteiger partial charge on any atom is 0.307 e. The number of hydrogen-bond acceptors (Lipinski definition) is 5. The molecule has 0 aliphatic heterocycles. The fourth-order valence-corrected chi connectivity index (χ4v) is 4.39. The van der Waals surface area contributed by atoms with Crippen LogP contribution in [0.4, 0.5) is 13.2 Å². The molecule has 2 heterocycles. The van der Waals surface area contributed by atoms with Crippen molar-refractivity contribution in [1.29, 1.82) is 0 Å². The topological polar surface area (TPSA) is 79.5 Å². The van der Waals surface area contributed by atoms with E-state index >= 15 is 0 Å². The zero-order valence-electron chi connectivity index (χ0n) is 13.7. The van der Waals surface area contributed by atoms with Crippen LogP contribution in [0.1, 0.15) is 21.6 Å². The maximum absolute atomic E-state index is 13.9. The van der Waals surface area contributed by atoms with Gasteiger partial charge in [0.2, 0.25) is 0 Å². The van der Waals surface area contributed by atoms with Gasteiger partial charge in [0, 0.05) is 22.5 Å². The number of thiophene rings is 1. The highest BCUT2D eigenvalue weighted by atomic mass is 32.2. The average Bonchev–Trinajstić information content (AvgIpc) is 3.11. The average molecular weight is 415 g/mol. The van der Waals surface area contributed by atoms with Gasteiger partial charge in [-0.25, -0.2) is 4.39 Å². The Kier molecular flexibility index (Phi) is 5.20. The molecule has 1 aromatic carbocycles. The van der Waals surface area contributed by atoms with E-state index in [0.717, 1.165) is 28.0 Å². The lowest BCUT2D eigenvalue weighted by Gasteiger charge is -2.06. The van der Waals surface area contributed by atoms with Crippen molar-refractivity contribution in [3.63, 3.8) is 0 Å². The molecule has 2 N–H and O–H groups in total. The van der Waals surface area contributed by atoms with Crippen LogP contribution in [0.25, 0.3) is 10.9 Å². The lowest BCUT2D eigenvalue weighted by Crippen LogP contribution is -2.13. The zero-order chi connectivity index (χ0) is 19.9. The molecule has 142 valence electrons. The lowest BCUT2D eigenvalue weighted by atomic mass is 10.1. The number of aromatic nitrogens is 1. The molecule has 0 bridgehead atoms. The Morgan fingerprint density at radius 2 is 2.00 bits per heavy atom. The van der Waals surface area contributed by atoms with Gasteiger partial charge in [-0.05, 0) is 36.4 Å². The van der Waals surface area contributed by atoms with E-state index < -0.39 is 35.6 Å². The second kappa shape index (κ2) is 7.28. The Balaban J connectivity index is 2.16. The van der Waals surface area contributed by atoms with Crippen molar-refractivity contribution in [2.75, 3.05) is 0 Å². The summed E-state index contributed by atoms with van der Waals surface area (Å²) in [6.07, 6.45) is -0.427. The summed E-state index contributed by atoms with van der Waals surface area (Å²) in [7, 11) is 0. The molecule has 0 unspecified atom stereocenters. The number of nitrogens with zero attached hydrogens (tertiary/aromatic N) is 1. The van der Waals surface area contributed by atoms with Crippen LogP contribution in [0.2, 0.25) is 0 Å². The molecule has 0 amide bonds. The summed E-state index contributed by atoms with van der Waals surface area (Å²) in [5.74, 6) is -6.00. The highest BCUT2D eigenvalue weighted by molar-refractivity contribution is 8.01. The molecule has 5 nitrogen and oxygen atoms in total. The summed E-state index contributed by atoms with van der Waals surface area (Å²) in [6.45, 7) is 1.51. The SMILES string of the molecule is Cc1c(CC(=O)O)c2cc(O)c(F)cc2n1C(=O)c1csc(SC(F)F)c1. The van der Waals surface area contributed by atoms with Gasteiger partial charge in [-0.3, -0.25) is 14.2 Å². The lowest BCUT2D eigenvalue weighted by molar-refractivity contribution is -0.136. The summed E-state index contributed by atoms with van der Waals surface area (Å²) < 4.78 is 40.2. The molecule has 0 atom stereocenters. The molecular formula is C17H12F3NO4S2. The van der Waals surface area contributed by atoms with E-state index in [4.69, 9.17) is 5.11 Å². The monoisotopic (exact) mass is 415 g/mol. The third-order valence-electron chi connectivity index (χ3n) is 3.96. The van der Waals surface area contributed by atoms with Crippen molar-refractivity contribution in [2.24, 2.45) is 0 Å². The number of aromatic hydroxyl groups is 1. The quantitative estimate of drug-likeness (QED) is 0.601. The molecule has 27 heavy (non-hydrogen) atoms. The van der Waals surface area contributed by atoms with Crippen LogP contribution in [0, 0.1) is 12.7 Å². The van der Waals surface area contributed by atoms with Gasteiger partial charge >= 0.3 is 5.97 Å². The second-order valence-electron chi connectivity index (χ2n) is 5.63. The fourth-order valence-electron chi connectivity index (χ4n) is 2.83. The number of benzene rings is 1. The number of halogens is 3. The Labute approximate surface area is 159 Å². The number of phenolic OH excluding ortho intramolecular Hbond substituents is 1. The van der Waals surface area contributed by atoms with E-state index in [1.807, 2.05) is 0 Å². The second-order valence-corrected chi connectivity index (χ2v) is 7.83. The smallest absolute Gasteiger partial charge is 0.307 e. The van der Waals surface area contributed by atoms with Crippen molar-refractivity contribution >= 4 is 45.9 Å². The molecule has 0 fully saturated rings. The number of hydrogen-bond donors (Lipinski definition) is 2. The number of phenols is 1. The van der Waals surface area contributed by atoms with Gasteiger partial charge in [0.25, 0.3) is 11.7 Å². The van der Waals surface area contributed by atoms with E-state index in [1.165, 1.54) is 18.4 Å². The molecule has 0 radical (unpaired) electrons. The van der Waals surface area contributed by atoms with Gasteiger partial charge in [0.15, 0.2) is 11.6 Å². The van der Waals surface area contributed by atoms with Crippen LogP contribution >= 0.6 is 23.1 Å². The number of rotatable bonds is 5. The summed E-state index contributed by atoms with van der Waals surface area (Å²) in [5.41, 5.74) is 0.757. The van der Waals surface area contributed by atoms with Gasteiger partial charge in [0.05, 0.1) is 21.7 Å². The first kappa shape index (κ1) is 19.3. The normalized spacial score (nSPS) is 11.4. The Morgan fingerprint density at radius 3 is 2.63 bits per heavy atom. The van der Waals surface area contributed by atoms with E-state index in [0.29, 0.717) is 11.8 Å². The van der Waals surface area contributed by atoms with Crippen LogP contribution in [-0.2, 0) is 11.2 Å². The van der Waals surface area contributed by atoms with E-state index in [9.17, 15) is 27.9 Å². The van der Waals surface area contributed by atoms with E-state index in [-0.39, 0.29) is 31.9 Å². The van der Waals surface area contributed by atoms with Crippen LogP contribution < -0.4 is 0 Å². The highest BCUT2D eigenvalue weighted by Crippen LogP contribution is 2.34. The standard InChI is InChI=1S/C17H12F3NO4S2/c1-7-9(4-14(23)24)10-3-13(22)11(18)5-12(10)21(7)16(25)8-2-15(26-6-8)27-17(19)20/h2-3,5-6,17,22H,4H2,1H3,(H,23,24). The van der Waals surface area contributed by atoms with Crippen LogP contribution in [0.5, 0.6) is 5.75 Å². The molecule has 0 saturated carbocycles. The number of fused-ring (bicyclic) bond motifs is 1. The highest BCUT2D eigenvalue weighted by Gasteiger charge is 2.24. The number of alkyl halides is 2. The Morgan fingerprint density at radius 1 is 1.30 bits per heavy atom. The summed E-state index contributed by atoms with van der Waals surface area (Å²) in [5, 5.41) is 20.4. The molecule has 2 aromatic heterocycles. The summed E-state index contributed by atoms with van der Waals surface area (Å²) in [6, 6.07) is 3.33. The summed E-state index contributed by atoms with van der Waals surface area (Å²) in [4.78, 5) is 24.1. The minimum absolute atomic E-state index is 0.0957. The molecule has 0 spiro atoms. The van der Waals surface area contributed by atoms with Crippen molar-refractivity contribution < 1.29 is 33.0 Å². The van der Waals surface area contributed by atoms with Crippen molar-refractivity contribution in [2.45, 2.75) is 23.3 Å². The van der Waals surface area contributed by atoms with Crippen molar-refractivity contribution in [3.05, 3.63) is 46.2 Å². The third kappa shape index (κ3) is 3.67. The van der Waals surface area contributed by atoms with Crippen molar-refractivity contribution in [3.8, 4) is 5.75 Å². The van der Waals surface area contributed by atoms with E-state index in [1.54, 1.807) is 0 Å². The maximum atomic E-state index is 13.9. The number of carboxylic acids is 1. The van der Waals surface area contributed by atoms with Gasteiger partial charge < -0.3 is 10.2 Å². The number of carbonyl (C=O) groups is 2. The molecule has 10 heteroatoms. The molecular weight excluding hydrogens is 403 g/mol. The van der Waals surface area contributed by atoms with Crippen LogP contribution in [0.3, 0.4) is 0 Å². The predicted octanol–water partition coefficient (Wildman–Crippen LogP) is 4.49. The molecule has 0 aliphatic carbocycles. The molecule has 3 aromatic rings. The van der Waals surface area contributed by atoms with E-state index in [2.05, 4.69) is 0 Å². The minimum Gasteiger partial charge on any atom is -0.505 e. The van der Waals surface area contributed by atoms with Crippen LogP contribution in [0.15, 0.2) is 27.8 Å². The van der Waals surface area contributed by atoms with Gasteiger partial charge in [-0.1, -0.05) is 0 Å². The fraction of sp³-hybridized carbons (Fsp3) is 0.176. The summed E-state index contributed by atoms with van der Waals surface area (Å²) >= 11 is 1.29. The number of thioether (sulfide) groups is 1. The van der Waals surface area contributed by atoms with Gasteiger partial charge in [0.1, 0.15) is 0 Å². The Bertz CT molecular complexity index is 1060. The minimum atomic E-state index is -2.63. The first-order valence-corrected chi connectivity index (χ1v) is 9.27. The number of carboxylic acid groups (broad SMARTS) is 1. The first-order valence-electron chi connectivity index (χ1n) is 7.51. The van der Waals surface area contributed by atoms with Gasteiger partial charge in [-0.2, -0.15) is 8.78 Å². The zero-order valence-corrected chi connectivity index (χ0v) is 15.3. The third-order valence-corrected chi connectivity index (χ3v) is 5.79. The van der Waals surface area contributed by atoms with Gasteiger partial charge in [-0.15, -0.1) is 11.3 Å². The van der Waals surface area contributed by atoms with Crippen molar-refractivity contribution in [1.82, 2.24) is 4.57 Å². The molecule has 3 rings (SSSR count). The molecule has 0 saturated heterocycles.